The van der Waals surface area contributed by atoms with Crippen LogP contribution in [0.25, 0.3) is 0 Å². The first-order valence-corrected chi connectivity index (χ1v) is 7.21. The molecule has 6 nitrogen and oxygen atoms in total. The molecule has 0 unspecified atom stereocenters. The van der Waals surface area contributed by atoms with Crippen molar-refractivity contribution in [2.75, 3.05) is 6.54 Å². The molecule has 116 valence electrons. The van der Waals surface area contributed by atoms with Crippen molar-refractivity contribution >= 4 is 11.8 Å². The zero-order chi connectivity index (χ0) is 15.5. The third kappa shape index (κ3) is 7.43. The van der Waals surface area contributed by atoms with Gasteiger partial charge in [-0.1, -0.05) is 36.8 Å². The number of hydrogen-bond acceptors (Lipinski definition) is 4. The molecule has 6 N–H and O–H groups in total. The van der Waals surface area contributed by atoms with Crippen LogP contribution in [0.4, 0.5) is 0 Å². The predicted molar refractivity (Wildman–Crippen MR) is 81.9 cm³/mol. The van der Waals surface area contributed by atoms with Crippen LogP contribution >= 0.6 is 0 Å². The molecule has 0 saturated heterocycles. The van der Waals surface area contributed by atoms with E-state index in [1.165, 1.54) is 0 Å². The molecule has 0 aliphatic rings. The highest BCUT2D eigenvalue weighted by Crippen LogP contribution is 2.01. The molecule has 21 heavy (non-hydrogen) atoms. The van der Waals surface area contributed by atoms with Gasteiger partial charge in [-0.3, -0.25) is 20.4 Å². The first-order chi connectivity index (χ1) is 10.1. The van der Waals surface area contributed by atoms with Crippen molar-refractivity contribution in [2.45, 2.75) is 38.1 Å². The van der Waals surface area contributed by atoms with Crippen molar-refractivity contribution < 1.29 is 9.59 Å². The summed E-state index contributed by atoms with van der Waals surface area (Å²) in [6, 6.07) is 8.81. The summed E-state index contributed by atoms with van der Waals surface area (Å²) in [5.74, 6) is -0.610. The number of hydrazine groups is 1. The summed E-state index contributed by atoms with van der Waals surface area (Å²) in [4.78, 5) is 23.3. The summed E-state index contributed by atoms with van der Waals surface area (Å²) in [5.41, 5.74) is 16.9. The summed E-state index contributed by atoms with van der Waals surface area (Å²) < 4.78 is 0. The van der Waals surface area contributed by atoms with E-state index in [9.17, 15) is 9.59 Å². The Bertz CT molecular complexity index is 437. The molecule has 1 atom stereocenters. The Hall–Kier alpha value is -1.92. The normalized spacial score (nSPS) is 11.7. The standard InChI is InChI=1S/C15H24N4O2/c16-10-6-2-5-9-14(20)18-19-15(21)13(17)11-12-7-3-1-4-8-12/h1,3-4,7-8,13H,2,5-6,9-11,16-17H2,(H,18,20)(H,19,21)/t13-/m1/s1. The van der Waals surface area contributed by atoms with E-state index in [2.05, 4.69) is 10.9 Å². The Kier molecular flexibility index (Phi) is 8.08. The first kappa shape index (κ1) is 17.1. The van der Waals surface area contributed by atoms with Gasteiger partial charge in [-0.25, -0.2) is 0 Å². The molecule has 0 aliphatic carbocycles. The van der Waals surface area contributed by atoms with Crippen LogP contribution in [0.1, 0.15) is 31.2 Å². The van der Waals surface area contributed by atoms with Crippen LogP contribution in [0.2, 0.25) is 0 Å². The number of nitrogens with one attached hydrogen (secondary N) is 2. The van der Waals surface area contributed by atoms with Gasteiger partial charge in [0, 0.05) is 6.42 Å². The summed E-state index contributed by atoms with van der Waals surface area (Å²) in [5, 5.41) is 0. The topological polar surface area (TPSA) is 110 Å². The lowest BCUT2D eigenvalue weighted by Gasteiger charge is -2.13. The van der Waals surface area contributed by atoms with Crippen LogP contribution < -0.4 is 22.3 Å². The molecule has 0 aromatic heterocycles. The smallest absolute Gasteiger partial charge is 0.255 e. The zero-order valence-electron chi connectivity index (χ0n) is 12.2. The van der Waals surface area contributed by atoms with E-state index in [0.29, 0.717) is 19.4 Å². The second-order valence-corrected chi connectivity index (χ2v) is 4.93. The molecule has 6 heteroatoms. The maximum absolute atomic E-state index is 11.8. The number of carbonyl (C=O) groups is 2. The Morgan fingerprint density at radius 3 is 2.43 bits per heavy atom. The molecule has 1 aromatic carbocycles. The minimum atomic E-state index is -0.690. The highest BCUT2D eigenvalue weighted by Gasteiger charge is 2.14. The Labute approximate surface area is 125 Å². The average Bonchev–Trinajstić information content (AvgIpc) is 2.50. The maximum atomic E-state index is 11.8. The molecule has 0 bridgehead atoms. The number of nitrogens with two attached hydrogens (primary N) is 2. The van der Waals surface area contributed by atoms with Gasteiger partial charge >= 0.3 is 0 Å². The largest absolute Gasteiger partial charge is 0.330 e. The fourth-order valence-electron chi connectivity index (χ4n) is 1.85. The van der Waals surface area contributed by atoms with Gasteiger partial charge < -0.3 is 11.5 Å². The maximum Gasteiger partial charge on any atom is 0.255 e. The van der Waals surface area contributed by atoms with Gasteiger partial charge in [0.2, 0.25) is 5.91 Å². The van der Waals surface area contributed by atoms with Crippen molar-refractivity contribution in [2.24, 2.45) is 11.5 Å². The van der Waals surface area contributed by atoms with Gasteiger partial charge in [0.1, 0.15) is 0 Å². The number of unbranched alkanes of at least 4 members (excludes halogenated alkanes) is 2. The lowest BCUT2D eigenvalue weighted by Crippen LogP contribution is -2.50. The van der Waals surface area contributed by atoms with Gasteiger partial charge in [0.05, 0.1) is 6.04 Å². The van der Waals surface area contributed by atoms with Crippen LogP contribution in [0.3, 0.4) is 0 Å². The summed E-state index contributed by atoms with van der Waals surface area (Å²) in [7, 11) is 0. The van der Waals surface area contributed by atoms with Crippen LogP contribution in [0, 0.1) is 0 Å². The Morgan fingerprint density at radius 2 is 1.76 bits per heavy atom. The lowest BCUT2D eigenvalue weighted by atomic mass is 10.1. The molecule has 0 fully saturated rings. The molecule has 0 saturated carbocycles. The second kappa shape index (κ2) is 9.90. The molecule has 0 aliphatic heterocycles. The van der Waals surface area contributed by atoms with E-state index < -0.39 is 11.9 Å². The van der Waals surface area contributed by atoms with Crippen LogP contribution in [-0.4, -0.2) is 24.4 Å². The second-order valence-electron chi connectivity index (χ2n) is 4.93. The molecule has 1 aromatic rings. The van der Waals surface area contributed by atoms with Crippen molar-refractivity contribution in [3.63, 3.8) is 0 Å². The van der Waals surface area contributed by atoms with Gasteiger partial charge in [-0.05, 0) is 31.4 Å². The third-order valence-electron chi connectivity index (χ3n) is 3.07. The van der Waals surface area contributed by atoms with E-state index in [1.54, 1.807) is 0 Å². The van der Waals surface area contributed by atoms with Crippen LogP contribution in [0.15, 0.2) is 30.3 Å². The number of hydrogen-bond donors (Lipinski definition) is 4. The predicted octanol–water partition coefficient (Wildman–Crippen LogP) is 0.223. The van der Waals surface area contributed by atoms with Crippen molar-refractivity contribution in [1.82, 2.24) is 10.9 Å². The Balaban J connectivity index is 2.22. The summed E-state index contributed by atoms with van der Waals surface area (Å²) in [6.45, 7) is 0.632. The highest BCUT2D eigenvalue weighted by atomic mass is 16.2. The molecular formula is C15H24N4O2. The molecule has 2 amide bonds. The minimum Gasteiger partial charge on any atom is -0.330 e. The van der Waals surface area contributed by atoms with Crippen molar-refractivity contribution in [1.29, 1.82) is 0 Å². The number of rotatable bonds is 8. The Morgan fingerprint density at radius 1 is 1.05 bits per heavy atom. The molecule has 0 radical (unpaired) electrons. The number of amides is 2. The van der Waals surface area contributed by atoms with Gasteiger partial charge in [-0.15, -0.1) is 0 Å². The number of carbonyl (C=O) groups excluding carboxylic acids is 2. The highest BCUT2D eigenvalue weighted by molar-refractivity contribution is 5.85. The van der Waals surface area contributed by atoms with E-state index >= 15 is 0 Å². The molecular weight excluding hydrogens is 268 g/mol. The average molecular weight is 292 g/mol. The molecule has 1 rings (SSSR count). The van der Waals surface area contributed by atoms with Crippen molar-refractivity contribution in [3.8, 4) is 0 Å². The van der Waals surface area contributed by atoms with E-state index in [-0.39, 0.29) is 5.91 Å². The SMILES string of the molecule is NCCCCCC(=O)NNC(=O)[C@H](N)Cc1ccccc1. The van der Waals surface area contributed by atoms with Gasteiger partial charge in [-0.2, -0.15) is 0 Å². The minimum absolute atomic E-state index is 0.215. The van der Waals surface area contributed by atoms with E-state index in [0.717, 1.165) is 24.8 Å². The number of benzene rings is 1. The van der Waals surface area contributed by atoms with E-state index in [4.69, 9.17) is 11.5 Å². The molecule has 0 spiro atoms. The van der Waals surface area contributed by atoms with Gasteiger partial charge in [0.15, 0.2) is 0 Å². The summed E-state index contributed by atoms with van der Waals surface area (Å²) in [6.07, 6.45) is 3.37. The third-order valence-corrected chi connectivity index (χ3v) is 3.07. The van der Waals surface area contributed by atoms with Crippen LogP contribution in [0.5, 0.6) is 0 Å². The van der Waals surface area contributed by atoms with Crippen LogP contribution in [-0.2, 0) is 16.0 Å². The first-order valence-electron chi connectivity index (χ1n) is 7.21. The van der Waals surface area contributed by atoms with Gasteiger partial charge in [0.25, 0.3) is 5.91 Å². The van der Waals surface area contributed by atoms with E-state index in [1.807, 2.05) is 30.3 Å². The zero-order valence-corrected chi connectivity index (χ0v) is 12.2. The lowest BCUT2D eigenvalue weighted by molar-refractivity contribution is -0.129. The fourth-order valence-corrected chi connectivity index (χ4v) is 1.85. The monoisotopic (exact) mass is 292 g/mol. The molecule has 0 heterocycles. The van der Waals surface area contributed by atoms with Crippen molar-refractivity contribution in [3.05, 3.63) is 35.9 Å². The summed E-state index contributed by atoms with van der Waals surface area (Å²) >= 11 is 0. The quantitative estimate of drug-likeness (QED) is 0.406. The fraction of sp³-hybridized carbons (Fsp3) is 0.467.